The standard InChI is InChI=1S/C23H26N2O7/c1-22-11(16(25(3)4)18(28)15(20(22)30)21(24)31)8-10-14(19(22)29)17(27)13-9(23(10,2)32)6-5-7-12(13)26/h5-7,10-11,16,26-27,30,32H,8H2,1-4H3,(H2,24,31)/t10-,11+,16+,22-,23-/m1/s1. The maximum Gasteiger partial charge on any atom is 0.255 e. The lowest BCUT2D eigenvalue weighted by Crippen LogP contribution is -2.62. The molecule has 4 rings (SSSR count). The number of allylic oxidation sites excluding steroid dienone is 1. The number of hydrogen-bond donors (Lipinski definition) is 5. The van der Waals surface area contributed by atoms with Crippen molar-refractivity contribution in [1.82, 2.24) is 4.90 Å². The molecule has 9 heteroatoms. The molecule has 0 aromatic heterocycles. The molecule has 0 saturated heterocycles. The predicted molar refractivity (Wildman–Crippen MR) is 113 cm³/mol. The largest absolute Gasteiger partial charge is 0.510 e. The van der Waals surface area contributed by atoms with Crippen molar-refractivity contribution >= 4 is 23.2 Å². The molecule has 0 aliphatic heterocycles. The van der Waals surface area contributed by atoms with E-state index >= 15 is 0 Å². The molecule has 5 atom stereocenters. The lowest BCUT2D eigenvalue weighted by atomic mass is 9.50. The van der Waals surface area contributed by atoms with Gasteiger partial charge in [-0.2, -0.15) is 0 Å². The number of fused-ring (bicyclic) bond motifs is 3. The number of ketones is 2. The van der Waals surface area contributed by atoms with Crippen molar-refractivity contribution in [2.75, 3.05) is 14.1 Å². The highest BCUT2D eigenvalue weighted by atomic mass is 16.3. The number of phenols is 1. The van der Waals surface area contributed by atoms with E-state index in [4.69, 9.17) is 5.73 Å². The van der Waals surface area contributed by atoms with Crippen LogP contribution in [0.15, 0.2) is 35.1 Å². The van der Waals surface area contributed by atoms with E-state index in [-0.39, 0.29) is 28.9 Å². The van der Waals surface area contributed by atoms with E-state index in [1.165, 1.54) is 26.0 Å². The summed E-state index contributed by atoms with van der Waals surface area (Å²) in [6.45, 7) is 2.89. The lowest BCUT2D eigenvalue weighted by Gasteiger charge is -2.54. The first-order valence-electron chi connectivity index (χ1n) is 10.2. The molecular weight excluding hydrogens is 416 g/mol. The van der Waals surface area contributed by atoms with E-state index < -0.39 is 63.5 Å². The van der Waals surface area contributed by atoms with Crippen LogP contribution in [0.4, 0.5) is 0 Å². The van der Waals surface area contributed by atoms with Gasteiger partial charge in [-0.25, -0.2) is 0 Å². The van der Waals surface area contributed by atoms with Crippen molar-refractivity contribution in [2.24, 2.45) is 23.0 Å². The highest BCUT2D eigenvalue weighted by Crippen LogP contribution is 2.60. The summed E-state index contributed by atoms with van der Waals surface area (Å²) in [5, 5.41) is 43.9. The number of aromatic hydroxyl groups is 1. The fourth-order valence-corrected chi connectivity index (χ4v) is 5.80. The zero-order valence-corrected chi connectivity index (χ0v) is 18.2. The molecule has 1 saturated carbocycles. The Morgan fingerprint density at radius 1 is 1.16 bits per heavy atom. The maximum atomic E-state index is 13.9. The average molecular weight is 442 g/mol. The Morgan fingerprint density at radius 2 is 1.78 bits per heavy atom. The molecule has 170 valence electrons. The van der Waals surface area contributed by atoms with Gasteiger partial charge in [-0.3, -0.25) is 19.3 Å². The molecule has 1 aromatic carbocycles. The number of Topliss-reactive ketones (excluding diaryl/α,β-unsaturated/α-hetero) is 2. The molecule has 0 heterocycles. The molecule has 3 aliphatic rings. The van der Waals surface area contributed by atoms with Crippen LogP contribution in [0.2, 0.25) is 0 Å². The third-order valence-corrected chi connectivity index (χ3v) is 7.48. The van der Waals surface area contributed by atoms with Gasteiger partial charge in [0.25, 0.3) is 5.91 Å². The highest BCUT2D eigenvalue weighted by Gasteiger charge is 2.64. The number of phenolic OH excluding ortho intramolecular Hbond substituents is 1. The van der Waals surface area contributed by atoms with Gasteiger partial charge in [0, 0.05) is 17.4 Å². The van der Waals surface area contributed by atoms with Crippen LogP contribution in [-0.2, 0) is 20.0 Å². The number of primary amides is 1. The number of benzene rings is 1. The zero-order chi connectivity index (χ0) is 23.9. The van der Waals surface area contributed by atoms with Gasteiger partial charge < -0.3 is 26.2 Å². The Balaban J connectivity index is 2.05. The maximum absolute atomic E-state index is 13.9. The monoisotopic (exact) mass is 442 g/mol. The van der Waals surface area contributed by atoms with Gasteiger partial charge in [-0.15, -0.1) is 0 Å². The lowest BCUT2D eigenvalue weighted by molar-refractivity contribution is -0.143. The number of nitrogens with two attached hydrogens (primary N) is 1. The molecular formula is C23H26N2O7. The van der Waals surface area contributed by atoms with Crippen molar-refractivity contribution in [1.29, 1.82) is 0 Å². The van der Waals surface area contributed by atoms with Gasteiger partial charge in [0.1, 0.15) is 22.8 Å². The minimum absolute atomic E-state index is 0.0500. The van der Waals surface area contributed by atoms with E-state index in [0.717, 1.165) is 0 Å². The summed E-state index contributed by atoms with van der Waals surface area (Å²) in [6, 6.07) is 3.44. The molecule has 3 aliphatic carbocycles. The summed E-state index contributed by atoms with van der Waals surface area (Å²) in [5.41, 5.74) is 1.37. The Morgan fingerprint density at radius 3 is 2.34 bits per heavy atom. The fraction of sp³-hybridized carbons (Fsp3) is 0.435. The number of hydrogen-bond acceptors (Lipinski definition) is 8. The number of carbonyl (C=O) groups excluding carboxylic acids is 3. The van der Waals surface area contributed by atoms with Crippen molar-refractivity contribution < 1.29 is 34.8 Å². The molecule has 32 heavy (non-hydrogen) atoms. The van der Waals surface area contributed by atoms with E-state index in [0.29, 0.717) is 0 Å². The quantitative estimate of drug-likeness (QED) is 0.422. The van der Waals surface area contributed by atoms with Crippen molar-refractivity contribution in [3.05, 3.63) is 46.2 Å². The summed E-state index contributed by atoms with van der Waals surface area (Å²) in [7, 11) is 3.23. The molecule has 6 N–H and O–H groups in total. The number of rotatable bonds is 2. The number of nitrogens with zero attached hydrogens (tertiary/aromatic N) is 1. The topological polar surface area (TPSA) is 161 Å². The van der Waals surface area contributed by atoms with Gasteiger partial charge in [-0.1, -0.05) is 12.1 Å². The van der Waals surface area contributed by atoms with Crippen molar-refractivity contribution in [3.8, 4) is 5.75 Å². The Kier molecular flexibility index (Phi) is 4.59. The number of aliphatic hydroxyl groups is 3. The molecule has 0 bridgehead atoms. The van der Waals surface area contributed by atoms with Crippen LogP contribution in [0.3, 0.4) is 0 Å². The van der Waals surface area contributed by atoms with Crippen molar-refractivity contribution in [3.63, 3.8) is 0 Å². The summed E-state index contributed by atoms with van der Waals surface area (Å²) in [6.07, 6.45) is 0.0500. The second kappa shape index (κ2) is 6.66. The van der Waals surface area contributed by atoms with Crippen LogP contribution in [0, 0.1) is 17.3 Å². The van der Waals surface area contributed by atoms with Gasteiger partial charge in [-0.05, 0) is 46.0 Å². The van der Waals surface area contributed by atoms with Crippen molar-refractivity contribution in [2.45, 2.75) is 31.9 Å². The number of likely N-dealkylation sites (N-methyl/N-ethyl adjacent to an activating group) is 1. The predicted octanol–water partition coefficient (Wildman–Crippen LogP) is 0.904. The van der Waals surface area contributed by atoms with Crippen LogP contribution >= 0.6 is 0 Å². The van der Waals surface area contributed by atoms with Gasteiger partial charge in [0.15, 0.2) is 11.6 Å². The molecule has 9 nitrogen and oxygen atoms in total. The second-order valence-corrected chi connectivity index (χ2v) is 9.40. The fourth-order valence-electron chi connectivity index (χ4n) is 5.80. The summed E-state index contributed by atoms with van der Waals surface area (Å²) < 4.78 is 0. The highest BCUT2D eigenvalue weighted by molar-refractivity contribution is 6.24. The average Bonchev–Trinajstić information content (AvgIpc) is 2.68. The molecule has 1 fully saturated rings. The minimum atomic E-state index is -1.75. The first-order chi connectivity index (χ1) is 14.8. The summed E-state index contributed by atoms with van der Waals surface area (Å²) >= 11 is 0. The third kappa shape index (κ3) is 2.49. The second-order valence-electron chi connectivity index (χ2n) is 9.40. The summed E-state index contributed by atoms with van der Waals surface area (Å²) in [5.74, 6) is -5.84. The number of aliphatic hydroxyl groups excluding tert-OH is 2. The molecule has 0 unspecified atom stereocenters. The normalized spacial score (nSPS) is 34.4. The van der Waals surface area contributed by atoms with E-state index in [2.05, 4.69) is 0 Å². The Hall–Kier alpha value is -3.17. The van der Waals surface area contributed by atoms with Crippen LogP contribution in [0.25, 0.3) is 5.76 Å². The summed E-state index contributed by atoms with van der Waals surface area (Å²) in [4.78, 5) is 40.6. The minimum Gasteiger partial charge on any atom is -0.510 e. The van der Waals surface area contributed by atoms with Crippen LogP contribution in [-0.4, -0.2) is 62.9 Å². The Bertz CT molecular complexity index is 1150. The van der Waals surface area contributed by atoms with E-state index in [1.807, 2.05) is 0 Å². The van der Waals surface area contributed by atoms with Crippen LogP contribution in [0.1, 0.15) is 31.4 Å². The number of amides is 1. The molecule has 1 aromatic rings. The molecule has 1 amide bonds. The van der Waals surface area contributed by atoms with Crippen LogP contribution < -0.4 is 5.73 Å². The first-order valence-corrected chi connectivity index (χ1v) is 10.2. The SMILES string of the molecule is CN(C)[C@@H]1C(=O)C(C(N)=O)=C(O)[C@@]2(C)C(=O)C3=C(O)c4c(O)cccc4[C@@](C)(O)[C@@H]3C[C@@H]12. The molecule has 0 radical (unpaired) electrons. The Labute approximate surface area is 184 Å². The van der Waals surface area contributed by atoms with Crippen LogP contribution in [0.5, 0.6) is 5.75 Å². The zero-order valence-electron chi connectivity index (χ0n) is 18.2. The van der Waals surface area contributed by atoms with Gasteiger partial charge in [0.2, 0.25) is 0 Å². The smallest absolute Gasteiger partial charge is 0.255 e. The van der Waals surface area contributed by atoms with E-state index in [1.54, 1.807) is 25.1 Å². The van der Waals surface area contributed by atoms with E-state index in [9.17, 15) is 34.8 Å². The van der Waals surface area contributed by atoms with Gasteiger partial charge in [0.05, 0.1) is 22.6 Å². The molecule has 0 spiro atoms. The number of carbonyl (C=O) groups is 3. The van der Waals surface area contributed by atoms with Gasteiger partial charge >= 0.3 is 0 Å². The third-order valence-electron chi connectivity index (χ3n) is 7.48. The first kappa shape index (κ1) is 22.0.